The van der Waals surface area contributed by atoms with E-state index in [1.54, 1.807) is 31.2 Å². The fraction of sp³-hybridized carbons (Fsp3) is 0.429. The quantitative estimate of drug-likeness (QED) is 0.812. The Morgan fingerprint density at radius 3 is 2.65 bits per heavy atom. The number of benzene rings is 1. The van der Waals surface area contributed by atoms with Crippen LogP contribution in [0, 0.1) is 5.92 Å². The van der Waals surface area contributed by atoms with Gasteiger partial charge in [0.25, 0.3) is 0 Å². The average Bonchev–Trinajstić information content (AvgIpc) is 2.43. The number of ether oxygens (including phenoxy) is 1. The Hall–Kier alpha value is -2.24. The number of carbonyl (C=O) groups is 2. The standard InChI is InChI=1S/C14H20N2O4/c1-4-9(2)12(13(17)18)16-14(19)15-10-6-5-7-11(8-10)20-3/h5-9,12H,4H2,1-3H3,(H,17,18)(H2,15,16,19)/p-1/t9-,12+/m1/s1. The van der Waals surface area contributed by atoms with Crippen LogP contribution in [0.5, 0.6) is 5.75 Å². The molecule has 0 aromatic heterocycles. The first-order chi connectivity index (χ1) is 9.47. The van der Waals surface area contributed by atoms with E-state index in [1.807, 2.05) is 6.92 Å². The Morgan fingerprint density at radius 1 is 1.40 bits per heavy atom. The lowest BCUT2D eigenvalue weighted by atomic mass is 9.99. The van der Waals surface area contributed by atoms with Gasteiger partial charge in [-0.2, -0.15) is 0 Å². The fourth-order valence-electron chi connectivity index (χ4n) is 1.68. The van der Waals surface area contributed by atoms with E-state index in [4.69, 9.17) is 4.74 Å². The Morgan fingerprint density at radius 2 is 2.10 bits per heavy atom. The number of aliphatic carboxylic acids is 1. The summed E-state index contributed by atoms with van der Waals surface area (Å²) in [7, 11) is 1.52. The lowest BCUT2D eigenvalue weighted by molar-refractivity contribution is -0.309. The molecular formula is C14H19N2O4-. The molecule has 0 aliphatic carbocycles. The molecule has 1 aromatic carbocycles. The summed E-state index contributed by atoms with van der Waals surface area (Å²) in [5, 5.41) is 16.0. The van der Waals surface area contributed by atoms with Crippen LogP contribution in [0.4, 0.5) is 10.5 Å². The Bertz CT molecular complexity index is 476. The van der Waals surface area contributed by atoms with Gasteiger partial charge in [0.2, 0.25) is 0 Å². The summed E-state index contributed by atoms with van der Waals surface area (Å²) in [6.45, 7) is 3.59. The first-order valence-electron chi connectivity index (χ1n) is 6.40. The number of anilines is 1. The summed E-state index contributed by atoms with van der Waals surface area (Å²) >= 11 is 0. The SMILES string of the molecule is CC[C@@H](C)[C@H](NC(=O)Nc1cccc(OC)c1)C(=O)[O-]. The van der Waals surface area contributed by atoms with Crippen LogP contribution in [0.1, 0.15) is 20.3 Å². The molecule has 0 aliphatic heterocycles. The van der Waals surface area contributed by atoms with Crippen molar-refractivity contribution in [1.82, 2.24) is 5.32 Å². The van der Waals surface area contributed by atoms with Crippen molar-refractivity contribution in [3.05, 3.63) is 24.3 Å². The van der Waals surface area contributed by atoms with Gasteiger partial charge in [-0.05, 0) is 18.1 Å². The predicted molar refractivity (Wildman–Crippen MR) is 73.4 cm³/mol. The predicted octanol–water partition coefficient (Wildman–Crippen LogP) is 0.981. The molecule has 2 amide bonds. The summed E-state index contributed by atoms with van der Waals surface area (Å²) in [4.78, 5) is 22.8. The number of urea groups is 1. The molecule has 0 saturated carbocycles. The number of carbonyl (C=O) groups excluding carboxylic acids is 2. The van der Waals surface area contributed by atoms with E-state index in [-0.39, 0.29) is 5.92 Å². The molecule has 0 saturated heterocycles. The van der Waals surface area contributed by atoms with Crippen LogP contribution >= 0.6 is 0 Å². The van der Waals surface area contributed by atoms with E-state index in [1.165, 1.54) is 7.11 Å². The summed E-state index contributed by atoms with van der Waals surface area (Å²) in [5.74, 6) is -0.905. The molecule has 0 spiro atoms. The minimum Gasteiger partial charge on any atom is -0.548 e. The zero-order chi connectivity index (χ0) is 15.1. The van der Waals surface area contributed by atoms with Crippen LogP contribution in [0.25, 0.3) is 0 Å². The van der Waals surface area contributed by atoms with Crippen LogP contribution in [-0.4, -0.2) is 25.2 Å². The van der Waals surface area contributed by atoms with Crippen molar-refractivity contribution in [1.29, 1.82) is 0 Å². The summed E-state index contributed by atoms with van der Waals surface area (Å²) in [6, 6.07) is 5.17. The van der Waals surface area contributed by atoms with Gasteiger partial charge < -0.3 is 25.3 Å². The van der Waals surface area contributed by atoms with Gasteiger partial charge in [0.05, 0.1) is 19.1 Å². The van der Waals surface area contributed by atoms with E-state index < -0.39 is 18.0 Å². The van der Waals surface area contributed by atoms with E-state index in [2.05, 4.69) is 10.6 Å². The average molecular weight is 279 g/mol. The van der Waals surface area contributed by atoms with Gasteiger partial charge in [-0.15, -0.1) is 0 Å². The largest absolute Gasteiger partial charge is 0.548 e. The molecule has 0 heterocycles. The number of methoxy groups -OCH3 is 1. The highest BCUT2D eigenvalue weighted by Crippen LogP contribution is 2.16. The Balaban J connectivity index is 2.68. The van der Waals surface area contributed by atoms with Crippen molar-refractivity contribution in [3.63, 3.8) is 0 Å². The van der Waals surface area contributed by atoms with E-state index in [0.29, 0.717) is 17.9 Å². The van der Waals surface area contributed by atoms with E-state index in [9.17, 15) is 14.7 Å². The monoisotopic (exact) mass is 279 g/mol. The summed E-state index contributed by atoms with van der Waals surface area (Å²) in [5.41, 5.74) is 0.517. The topological polar surface area (TPSA) is 90.5 Å². The third-order valence-electron chi connectivity index (χ3n) is 3.08. The zero-order valence-corrected chi connectivity index (χ0v) is 11.8. The molecule has 110 valence electrons. The van der Waals surface area contributed by atoms with Crippen LogP contribution in [0.15, 0.2) is 24.3 Å². The van der Waals surface area contributed by atoms with Crippen molar-refractivity contribution < 1.29 is 19.4 Å². The fourth-order valence-corrected chi connectivity index (χ4v) is 1.68. The van der Waals surface area contributed by atoms with Gasteiger partial charge in [-0.1, -0.05) is 26.3 Å². The van der Waals surface area contributed by atoms with Crippen molar-refractivity contribution in [3.8, 4) is 5.75 Å². The second-order valence-corrected chi connectivity index (χ2v) is 4.51. The molecule has 2 atom stereocenters. The molecule has 0 aliphatic rings. The molecule has 20 heavy (non-hydrogen) atoms. The van der Waals surface area contributed by atoms with Crippen LogP contribution in [-0.2, 0) is 4.79 Å². The number of carboxylic acids is 1. The van der Waals surface area contributed by atoms with Crippen molar-refractivity contribution >= 4 is 17.7 Å². The van der Waals surface area contributed by atoms with Gasteiger partial charge >= 0.3 is 6.03 Å². The molecule has 0 bridgehead atoms. The van der Waals surface area contributed by atoms with Crippen molar-refractivity contribution in [2.75, 3.05) is 12.4 Å². The number of amides is 2. The lowest BCUT2D eigenvalue weighted by Crippen LogP contribution is -2.52. The number of hydrogen-bond acceptors (Lipinski definition) is 4. The highest BCUT2D eigenvalue weighted by molar-refractivity contribution is 5.92. The Kier molecular flexibility index (Phi) is 5.83. The smallest absolute Gasteiger partial charge is 0.319 e. The minimum absolute atomic E-state index is 0.212. The molecule has 0 radical (unpaired) electrons. The third kappa shape index (κ3) is 4.46. The molecular weight excluding hydrogens is 260 g/mol. The second kappa shape index (κ2) is 7.37. The van der Waals surface area contributed by atoms with Gasteiger partial charge in [0.1, 0.15) is 5.75 Å². The molecule has 1 rings (SSSR count). The number of nitrogens with one attached hydrogen (secondary N) is 2. The highest BCUT2D eigenvalue weighted by Gasteiger charge is 2.19. The minimum atomic E-state index is -1.29. The lowest BCUT2D eigenvalue weighted by Gasteiger charge is -2.25. The molecule has 6 heteroatoms. The van der Waals surface area contributed by atoms with Gasteiger partial charge in [-0.25, -0.2) is 4.79 Å². The zero-order valence-electron chi connectivity index (χ0n) is 11.8. The normalized spacial score (nSPS) is 13.2. The van der Waals surface area contributed by atoms with E-state index in [0.717, 1.165) is 0 Å². The maximum atomic E-state index is 11.8. The van der Waals surface area contributed by atoms with Crippen molar-refractivity contribution in [2.45, 2.75) is 26.3 Å². The first kappa shape index (κ1) is 15.8. The molecule has 0 unspecified atom stereocenters. The van der Waals surface area contributed by atoms with Gasteiger partial charge in [-0.3, -0.25) is 0 Å². The number of hydrogen-bond donors (Lipinski definition) is 2. The van der Waals surface area contributed by atoms with Gasteiger partial charge in [0.15, 0.2) is 0 Å². The molecule has 2 N–H and O–H groups in total. The Labute approximate surface area is 118 Å². The molecule has 1 aromatic rings. The van der Waals surface area contributed by atoms with E-state index >= 15 is 0 Å². The maximum Gasteiger partial charge on any atom is 0.319 e. The van der Waals surface area contributed by atoms with Crippen LogP contribution < -0.4 is 20.5 Å². The molecule has 6 nitrogen and oxygen atoms in total. The van der Waals surface area contributed by atoms with Crippen LogP contribution in [0.3, 0.4) is 0 Å². The number of rotatable bonds is 6. The van der Waals surface area contributed by atoms with Crippen molar-refractivity contribution in [2.24, 2.45) is 5.92 Å². The third-order valence-corrected chi connectivity index (χ3v) is 3.08. The summed E-state index contributed by atoms with van der Waals surface area (Å²) < 4.78 is 5.04. The maximum absolute atomic E-state index is 11.8. The number of carboxylic acid groups (broad SMARTS) is 1. The summed E-state index contributed by atoms with van der Waals surface area (Å²) in [6.07, 6.45) is 0.623. The van der Waals surface area contributed by atoms with Crippen LogP contribution in [0.2, 0.25) is 0 Å². The molecule has 0 fully saturated rings. The first-order valence-corrected chi connectivity index (χ1v) is 6.40. The highest BCUT2D eigenvalue weighted by atomic mass is 16.5. The van der Waals surface area contributed by atoms with Gasteiger partial charge in [0, 0.05) is 11.8 Å². The second-order valence-electron chi connectivity index (χ2n) is 4.51.